The van der Waals surface area contributed by atoms with Crippen molar-refractivity contribution in [2.24, 2.45) is 0 Å². The minimum absolute atomic E-state index is 0.166. The Morgan fingerprint density at radius 1 is 1.20 bits per heavy atom. The number of hydrogen-bond donors (Lipinski definition) is 1. The van der Waals surface area contributed by atoms with Gasteiger partial charge in [0.05, 0.1) is 10.3 Å². The Bertz CT molecular complexity index is 692. The van der Waals surface area contributed by atoms with Gasteiger partial charge >= 0.3 is 6.03 Å². The molecule has 0 spiro atoms. The molecule has 25 heavy (non-hydrogen) atoms. The van der Waals surface area contributed by atoms with Crippen LogP contribution in [0.1, 0.15) is 10.4 Å². The first-order valence-electron chi connectivity index (χ1n) is 8.11. The summed E-state index contributed by atoms with van der Waals surface area (Å²) in [5, 5.41) is 2.94. The number of carbonyl (C=O) groups excluding carboxylic acids is 1. The zero-order valence-electron chi connectivity index (χ0n) is 14.5. The topological polar surface area (TPSA) is 35.6 Å². The molecule has 1 aromatic carbocycles. The number of amides is 2. The molecule has 0 aliphatic rings. The Morgan fingerprint density at radius 3 is 2.60 bits per heavy atom. The molecule has 4 nitrogen and oxygen atoms in total. The lowest BCUT2D eigenvalue weighted by atomic mass is 10.2. The van der Waals surface area contributed by atoms with E-state index in [1.54, 1.807) is 34.4 Å². The number of likely N-dealkylation sites (N-methyl/N-ethyl adjacent to an activating group) is 1. The van der Waals surface area contributed by atoms with Gasteiger partial charge in [0.25, 0.3) is 0 Å². The van der Waals surface area contributed by atoms with Gasteiger partial charge in [0.1, 0.15) is 5.82 Å². The van der Waals surface area contributed by atoms with E-state index in [2.05, 4.69) is 21.2 Å². The van der Waals surface area contributed by atoms with Gasteiger partial charge in [-0.2, -0.15) is 0 Å². The van der Waals surface area contributed by atoms with E-state index >= 15 is 0 Å². The van der Waals surface area contributed by atoms with Gasteiger partial charge in [-0.15, -0.1) is 11.3 Å². The van der Waals surface area contributed by atoms with Crippen LogP contribution in [0.25, 0.3) is 0 Å². The molecule has 0 radical (unpaired) electrons. The largest absolute Gasteiger partial charge is 0.338 e. The molecule has 2 rings (SSSR count). The zero-order chi connectivity index (χ0) is 18.2. The van der Waals surface area contributed by atoms with E-state index in [4.69, 9.17) is 0 Å². The minimum atomic E-state index is -0.284. The fraction of sp³-hybridized carbons (Fsp3) is 0.389. The second-order valence-electron chi connectivity index (χ2n) is 6.00. The fourth-order valence-corrected chi connectivity index (χ4v) is 3.78. The molecule has 0 unspecified atom stereocenters. The first kappa shape index (κ1) is 19.9. The van der Waals surface area contributed by atoms with Gasteiger partial charge in [-0.3, -0.25) is 0 Å². The Labute approximate surface area is 160 Å². The maximum Gasteiger partial charge on any atom is 0.317 e. The number of urea groups is 1. The molecular formula is C18H23BrFN3OS. The number of nitrogens with zero attached hydrogens (tertiary/aromatic N) is 2. The van der Waals surface area contributed by atoms with Crippen molar-refractivity contribution in [2.45, 2.75) is 13.0 Å². The summed E-state index contributed by atoms with van der Waals surface area (Å²) in [6.45, 7) is 2.08. The van der Waals surface area contributed by atoms with Crippen molar-refractivity contribution in [3.05, 3.63) is 56.4 Å². The van der Waals surface area contributed by atoms with Crippen LogP contribution in [0.5, 0.6) is 0 Å². The van der Waals surface area contributed by atoms with Crippen LogP contribution < -0.4 is 5.32 Å². The number of nitrogens with one attached hydrogen (secondary N) is 1. The van der Waals surface area contributed by atoms with E-state index in [0.717, 1.165) is 16.8 Å². The van der Waals surface area contributed by atoms with Gasteiger partial charge < -0.3 is 15.1 Å². The van der Waals surface area contributed by atoms with Gasteiger partial charge in [0.2, 0.25) is 0 Å². The van der Waals surface area contributed by atoms with E-state index in [1.165, 1.54) is 10.9 Å². The third-order valence-electron chi connectivity index (χ3n) is 3.70. The molecule has 0 bridgehead atoms. The smallest absolute Gasteiger partial charge is 0.317 e. The van der Waals surface area contributed by atoms with Crippen LogP contribution in [-0.2, 0) is 13.0 Å². The maximum atomic E-state index is 13.9. The van der Waals surface area contributed by atoms with Crippen LogP contribution in [0.3, 0.4) is 0 Å². The SMILES string of the molecule is CN(C)CCN(Cc1ccccc1F)C(=O)NCCc1ccc(Br)s1. The lowest BCUT2D eigenvalue weighted by molar-refractivity contribution is 0.188. The van der Waals surface area contributed by atoms with E-state index in [0.29, 0.717) is 18.7 Å². The fourth-order valence-electron chi connectivity index (χ4n) is 2.30. The van der Waals surface area contributed by atoms with Crippen LogP contribution in [0.4, 0.5) is 9.18 Å². The molecule has 1 N–H and O–H groups in total. The molecule has 1 heterocycles. The van der Waals surface area contributed by atoms with Crippen LogP contribution in [0.15, 0.2) is 40.2 Å². The molecule has 0 saturated heterocycles. The predicted molar refractivity (Wildman–Crippen MR) is 104 cm³/mol. The Kier molecular flexibility index (Phi) is 7.87. The molecule has 0 aliphatic carbocycles. The second kappa shape index (κ2) is 9.89. The summed E-state index contributed by atoms with van der Waals surface area (Å²) in [6, 6.07) is 10.5. The maximum absolute atomic E-state index is 13.9. The lowest BCUT2D eigenvalue weighted by Crippen LogP contribution is -2.43. The van der Waals surface area contributed by atoms with Crippen molar-refractivity contribution in [1.29, 1.82) is 0 Å². The zero-order valence-corrected chi connectivity index (χ0v) is 16.9. The van der Waals surface area contributed by atoms with Crippen molar-refractivity contribution in [1.82, 2.24) is 15.1 Å². The molecular weight excluding hydrogens is 405 g/mol. The summed E-state index contributed by atoms with van der Waals surface area (Å²) in [4.78, 5) is 17.4. The number of rotatable bonds is 8. The second-order valence-corrected chi connectivity index (χ2v) is 8.55. The van der Waals surface area contributed by atoms with E-state index in [1.807, 2.05) is 31.1 Å². The average Bonchev–Trinajstić information content (AvgIpc) is 2.98. The average molecular weight is 428 g/mol. The predicted octanol–water partition coefficient (Wildman–Crippen LogP) is 3.97. The van der Waals surface area contributed by atoms with Gasteiger partial charge in [0.15, 0.2) is 0 Å². The summed E-state index contributed by atoms with van der Waals surface area (Å²) >= 11 is 5.10. The van der Waals surface area contributed by atoms with Gasteiger partial charge in [0, 0.05) is 30.1 Å². The van der Waals surface area contributed by atoms with Crippen molar-refractivity contribution in [3.63, 3.8) is 0 Å². The summed E-state index contributed by atoms with van der Waals surface area (Å²) < 4.78 is 15.0. The Balaban J connectivity index is 1.93. The Morgan fingerprint density at radius 2 is 1.96 bits per heavy atom. The van der Waals surface area contributed by atoms with Crippen LogP contribution in [0, 0.1) is 5.82 Å². The summed E-state index contributed by atoms with van der Waals surface area (Å²) in [5.74, 6) is -0.284. The first-order chi connectivity index (χ1) is 12.0. The van der Waals surface area contributed by atoms with Gasteiger partial charge in [-0.1, -0.05) is 18.2 Å². The summed E-state index contributed by atoms with van der Waals surface area (Å²) in [5.41, 5.74) is 0.526. The van der Waals surface area contributed by atoms with Gasteiger partial charge in [-0.25, -0.2) is 9.18 Å². The van der Waals surface area contributed by atoms with Crippen molar-refractivity contribution in [3.8, 4) is 0 Å². The highest BCUT2D eigenvalue weighted by Gasteiger charge is 2.15. The number of hydrogen-bond acceptors (Lipinski definition) is 3. The van der Waals surface area contributed by atoms with E-state index in [9.17, 15) is 9.18 Å². The summed E-state index contributed by atoms with van der Waals surface area (Å²) in [6.07, 6.45) is 0.781. The highest BCUT2D eigenvalue weighted by molar-refractivity contribution is 9.11. The molecule has 0 saturated carbocycles. The first-order valence-corrected chi connectivity index (χ1v) is 9.72. The monoisotopic (exact) mass is 427 g/mol. The van der Waals surface area contributed by atoms with Crippen molar-refractivity contribution in [2.75, 3.05) is 33.7 Å². The summed E-state index contributed by atoms with van der Waals surface area (Å²) in [7, 11) is 3.90. The standard InChI is InChI=1S/C18H23BrFN3OS/c1-22(2)11-12-23(13-14-5-3-4-6-16(14)20)18(24)21-10-9-15-7-8-17(19)25-15/h3-8H,9-13H2,1-2H3,(H,21,24). The number of thiophene rings is 1. The third kappa shape index (κ3) is 6.76. The van der Waals surface area contributed by atoms with E-state index in [-0.39, 0.29) is 18.4 Å². The number of halogens is 2. The van der Waals surface area contributed by atoms with Crippen LogP contribution in [-0.4, -0.2) is 49.6 Å². The number of benzene rings is 1. The quantitative estimate of drug-likeness (QED) is 0.691. The van der Waals surface area contributed by atoms with E-state index < -0.39 is 0 Å². The molecule has 0 aliphatic heterocycles. The normalized spacial score (nSPS) is 10.9. The molecule has 1 aromatic heterocycles. The lowest BCUT2D eigenvalue weighted by Gasteiger charge is -2.25. The molecule has 0 fully saturated rings. The molecule has 0 atom stereocenters. The molecule has 2 aromatic rings. The van der Waals surface area contributed by atoms with Crippen molar-refractivity contribution >= 4 is 33.3 Å². The molecule has 2 amide bonds. The third-order valence-corrected chi connectivity index (χ3v) is 5.38. The van der Waals surface area contributed by atoms with Crippen LogP contribution in [0.2, 0.25) is 0 Å². The Hall–Kier alpha value is -1.44. The molecule has 136 valence electrons. The minimum Gasteiger partial charge on any atom is -0.338 e. The van der Waals surface area contributed by atoms with Crippen LogP contribution >= 0.6 is 27.3 Å². The van der Waals surface area contributed by atoms with Gasteiger partial charge in [-0.05, 0) is 54.6 Å². The van der Waals surface area contributed by atoms with Crippen molar-refractivity contribution < 1.29 is 9.18 Å². The molecule has 7 heteroatoms. The highest BCUT2D eigenvalue weighted by atomic mass is 79.9. The highest BCUT2D eigenvalue weighted by Crippen LogP contribution is 2.22. The number of carbonyl (C=O) groups is 1.